The van der Waals surface area contributed by atoms with Crippen molar-refractivity contribution in [3.05, 3.63) is 47.0 Å². The number of unbranched alkanes of at least 4 members (excludes halogenated alkanes) is 6. The van der Waals surface area contributed by atoms with Gasteiger partial charge in [-0.1, -0.05) is 49.9 Å². The van der Waals surface area contributed by atoms with Gasteiger partial charge < -0.3 is 61.7 Å². The van der Waals surface area contributed by atoms with Gasteiger partial charge in [-0.2, -0.15) is 9.97 Å². The topological polar surface area (TPSA) is 411 Å². The second-order valence-electron chi connectivity index (χ2n) is 24.6. The molecule has 8 atom stereocenters. The van der Waals surface area contributed by atoms with E-state index < -0.39 is 90.8 Å². The fourth-order valence-electron chi connectivity index (χ4n) is 15.6. The summed E-state index contributed by atoms with van der Waals surface area (Å²) in [5, 5.41) is 86.1. The molecule has 87 heavy (non-hydrogen) atoms. The summed E-state index contributed by atoms with van der Waals surface area (Å²) in [5.41, 5.74) is 1.78. The van der Waals surface area contributed by atoms with E-state index in [2.05, 4.69) is 20.9 Å². The largest absolute Gasteiger partial charge is 0.483 e. The number of aryl methyl sites for hydroxylation is 1. The highest BCUT2D eigenvalue weighted by Crippen LogP contribution is 2.64. The van der Waals surface area contributed by atoms with Gasteiger partial charge >= 0.3 is 59.7 Å². The first kappa shape index (κ1) is 66.9. The zero-order valence-electron chi connectivity index (χ0n) is 49.4. The first-order chi connectivity index (χ1) is 41.4. The monoisotopic (exact) mass is 1230 g/mol. The number of piperidine rings is 1. The number of carboxylic acid groups (broad SMARTS) is 8. The van der Waals surface area contributed by atoms with Crippen molar-refractivity contribution in [2.24, 2.45) is 5.92 Å². The predicted molar refractivity (Wildman–Crippen MR) is 305 cm³/mol. The third-order valence-electron chi connectivity index (χ3n) is 19.0. The summed E-state index contributed by atoms with van der Waals surface area (Å²) in [7, 11) is 0. The highest BCUT2D eigenvalue weighted by molar-refractivity contribution is 5.86. The van der Waals surface area contributed by atoms with Crippen molar-refractivity contribution in [3.8, 4) is 0 Å². The van der Waals surface area contributed by atoms with Crippen molar-refractivity contribution < 1.29 is 107 Å². The van der Waals surface area contributed by atoms with Gasteiger partial charge in [0.2, 0.25) is 11.9 Å². The van der Waals surface area contributed by atoms with Crippen molar-refractivity contribution in [3.63, 3.8) is 0 Å². The lowest BCUT2D eigenvalue weighted by Gasteiger charge is -2.50. The zero-order chi connectivity index (χ0) is 63.2. The number of aliphatic carboxylic acids is 8. The van der Waals surface area contributed by atoms with Crippen molar-refractivity contribution >= 4 is 65.6 Å². The number of carboxylic acids is 8. The molecule has 29 nitrogen and oxygen atoms in total. The minimum Gasteiger partial charge on any atom is -0.481 e. The van der Waals surface area contributed by atoms with E-state index in [0.29, 0.717) is 114 Å². The lowest BCUT2D eigenvalue weighted by atomic mass is 9.92. The van der Waals surface area contributed by atoms with Crippen LogP contribution in [-0.4, -0.2) is 249 Å². The Hall–Kier alpha value is -7.63. The Balaban J connectivity index is 0.937. The van der Waals surface area contributed by atoms with Gasteiger partial charge in [0.1, 0.15) is 69.5 Å². The number of benzene rings is 1. The molecule has 3 unspecified atom stereocenters. The van der Waals surface area contributed by atoms with Gasteiger partial charge in [0, 0.05) is 58.2 Å². The molecule has 0 radical (unpaired) electrons. The number of carbonyl (C=O) groups is 10. The third-order valence-corrected chi connectivity index (χ3v) is 19.0. The van der Waals surface area contributed by atoms with Gasteiger partial charge in [-0.3, -0.25) is 14.4 Å². The molecule has 5 saturated heterocycles. The number of amides is 3. The minimum absolute atomic E-state index is 0.0156. The second-order valence-corrected chi connectivity index (χ2v) is 24.6. The summed E-state index contributed by atoms with van der Waals surface area (Å²) in [4.78, 5) is 139. The molecule has 0 bridgehead atoms. The SMILES string of the molecule is O=C(O)CCCC1CCN(c2nc(CCCCCCCCC(=O)NCCCC[C@H](NC(=O)N[C@@H](CCC(=O)O)C(=O)O)C(=O)O)nc(Cc3ccc(CC4C[N@@+]5(CC(=O)O)CC[N+]6(CC(=O)O)CC[N@@+]7(CC(=O)O)CC[N@+]4(CC(=O)O)C675)cc3)n2)CC1. The van der Waals surface area contributed by atoms with Gasteiger partial charge in [-0.05, 0) is 81.3 Å². The Morgan fingerprint density at radius 3 is 1.66 bits per heavy atom. The van der Waals surface area contributed by atoms with Gasteiger partial charge in [0.15, 0.2) is 32.2 Å². The van der Waals surface area contributed by atoms with Gasteiger partial charge in [0.05, 0.1) is 0 Å². The van der Waals surface area contributed by atoms with E-state index in [9.17, 15) is 83.7 Å². The molecule has 2 aromatic rings. The highest BCUT2D eigenvalue weighted by Gasteiger charge is 3.01. The van der Waals surface area contributed by atoms with Crippen LogP contribution < -0.4 is 20.9 Å². The van der Waals surface area contributed by atoms with Crippen molar-refractivity contribution in [2.45, 2.75) is 152 Å². The maximum atomic E-state index is 13.1. The van der Waals surface area contributed by atoms with E-state index in [1.165, 1.54) is 0 Å². The number of quaternary nitrogens is 4. The van der Waals surface area contributed by atoms with E-state index in [-0.39, 0.29) is 88.9 Å². The molecule has 0 aliphatic carbocycles. The zero-order valence-corrected chi connectivity index (χ0v) is 49.4. The lowest BCUT2D eigenvalue weighted by molar-refractivity contribution is -1.36. The van der Waals surface area contributed by atoms with Crippen LogP contribution in [0.4, 0.5) is 10.7 Å². The molecule has 29 heteroatoms. The number of anilines is 1. The average Bonchev–Trinajstić information content (AvgIpc) is 1.44. The number of nitrogens with zero attached hydrogens (tertiary/aromatic N) is 8. The Morgan fingerprint density at radius 2 is 1.07 bits per heavy atom. The molecule has 7 rings (SSSR count). The average molecular weight is 1230 g/mol. The Morgan fingerprint density at radius 1 is 0.540 bits per heavy atom. The van der Waals surface area contributed by atoms with Crippen LogP contribution >= 0.6 is 0 Å². The number of aromatic nitrogens is 3. The minimum atomic E-state index is -1.51. The van der Waals surface area contributed by atoms with Crippen LogP contribution in [0.3, 0.4) is 0 Å². The van der Waals surface area contributed by atoms with Crippen LogP contribution in [0.1, 0.15) is 132 Å². The number of hydrogen-bond acceptors (Lipinski definition) is 14. The van der Waals surface area contributed by atoms with E-state index >= 15 is 0 Å². The van der Waals surface area contributed by atoms with Crippen LogP contribution in [0.25, 0.3) is 0 Å². The van der Waals surface area contributed by atoms with E-state index in [0.717, 1.165) is 62.5 Å². The first-order valence-corrected chi connectivity index (χ1v) is 30.5. The maximum absolute atomic E-state index is 13.1. The predicted octanol–water partition coefficient (Wildman–Crippen LogP) is 1.75. The Kier molecular flexibility index (Phi) is 22.6. The normalized spacial score (nSPS) is 25.2. The van der Waals surface area contributed by atoms with Gasteiger partial charge in [-0.25, -0.2) is 38.5 Å². The quantitative estimate of drug-likeness (QED) is 0.0337. The standard InChI is InChI=1S/C58H83N11O18/c70-47(59-23-8-7-11-43(54(83)84)60-57(87)61-44(55(85)86)19-20-49(73)74)13-6-4-2-1-3-5-12-45-62-46(64-56(63-45)65-24-21-39(22-25-65)10-9-14-48(71)72)33-41-17-15-40(16-18-41)32-42-34-68(37-52(79)80)29-28-66(35-50(75)76)26-27-67(36-51(77)78)30-31-69(42,38-53(81)82)58(66,67)68/h15-18,39,42-44H,1-14,19-38H2,(H7-4,59,60,61,70,71,72,73,74,75,76,77,78,79,80,81,82,83,84,85,86,87)/p+4/t42?,43-,44-,58?,66?,67-,68+,69+/m0/s1. The number of rotatable bonds is 38. The second kappa shape index (κ2) is 29.4. The summed E-state index contributed by atoms with van der Waals surface area (Å²) in [5.74, 6) is -8.56. The van der Waals surface area contributed by atoms with E-state index in [1.54, 1.807) is 0 Å². The third kappa shape index (κ3) is 15.7. The molecule has 1 spiro atoms. The molecule has 6 heterocycles. The van der Waals surface area contributed by atoms with E-state index in [4.69, 9.17) is 20.1 Å². The summed E-state index contributed by atoms with van der Waals surface area (Å²) in [6.45, 7) is 2.14. The molecular weight excluding hydrogens is 1140 g/mol. The summed E-state index contributed by atoms with van der Waals surface area (Å²) < 4.78 is -0.331. The molecule has 5 aliphatic heterocycles. The molecule has 1 aromatic heterocycles. The van der Waals surface area contributed by atoms with Crippen LogP contribution in [0.15, 0.2) is 24.3 Å². The van der Waals surface area contributed by atoms with Crippen LogP contribution in [0.2, 0.25) is 0 Å². The number of carbonyl (C=O) groups excluding carboxylic acids is 2. The van der Waals surface area contributed by atoms with Gasteiger partial charge in [0.25, 0.3) is 0 Å². The van der Waals surface area contributed by atoms with Gasteiger partial charge in [-0.15, -0.1) is 17.9 Å². The molecule has 0 saturated carbocycles. The lowest BCUT2D eigenvalue weighted by Crippen LogP contribution is -2.86. The van der Waals surface area contributed by atoms with Crippen molar-refractivity contribution in [1.29, 1.82) is 0 Å². The van der Waals surface area contributed by atoms with E-state index in [1.807, 2.05) is 24.3 Å². The summed E-state index contributed by atoms with van der Waals surface area (Å²) in [6, 6.07) is 3.53. The summed E-state index contributed by atoms with van der Waals surface area (Å²) >= 11 is 0. The molecular formula is C58H87N11O18+4. The first-order valence-electron chi connectivity index (χ1n) is 30.5. The molecule has 478 valence electrons. The molecule has 11 N–H and O–H groups in total. The number of hydrogen-bond donors (Lipinski definition) is 11. The molecule has 5 aliphatic rings. The number of urea groups is 1. The van der Waals surface area contributed by atoms with Crippen LogP contribution in [0, 0.1) is 5.92 Å². The van der Waals surface area contributed by atoms with Crippen LogP contribution in [0.5, 0.6) is 0 Å². The Bertz CT molecular complexity index is 2830. The molecule has 5 fully saturated rings. The molecule has 3 amide bonds. The Labute approximate surface area is 503 Å². The smallest absolute Gasteiger partial charge is 0.481 e. The fraction of sp³-hybridized carbons (Fsp3) is 0.672. The highest BCUT2D eigenvalue weighted by atomic mass is 16.4. The van der Waals surface area contributed by atoms with Crippen LogP contribution in [-0.2, 0) is 62.4 Å². The van der Waals surface area contributed by atoms with Crippen molar-refractivity contribution in [2.75, 3.05) is 96.5 Å². The summed E-state index contributed by atoms with van der Waals surface area (Å²) in [6.07, 6.45) is 9.93. The van der Waals surface area contributed by atoms with Crippen molar-refractivity contribution in [1.82, 2.24) is 30.9 Å². The molecule has 1 aromatic carbocycles. The fourth-order valence-corrected chi connectivity index (χ4v) is 15.6. The number of nitrogens with one attached hydrogen (secondary N) is 3. The maximum Gasteiger partial charge on any atom is 0.483 e.